The smallest absolute Gasteiger partial charge is 0.205 e. The summed E-state index contributed by atoms with van der Waals surface area (Å²) in [5.41, 5.74) is 9.58. The van der Waals surface area contributed by atoms with Crippen molar-refractivity contribution in [1.29, 1.82) is 5.26 Å². The van der Waals surface area contributed by atoms with Gasteiger partial charge in [-0.3, -0.25) is 0 Å². The molecule has 0 aliphatic carbocycles. The zero-order valence-electron chi connectivity index (χ0n) is 14.3. The number of anilines is 1. The minimum absolute atomic E-state index is 0.180. The maximum Gasteiger partial charge on any atom is 0.205 e. The van der Waals surface area contributed by atoms with Crippen molar-refractivity contribution in [2.45, 2.75) is 19.8 Å². The number of fused-ring (bicyclic) bond motifs is 1. The number of hydrogen-bond acceptors (Lipinski definition) is 4. The molecule has 0 fully saturated rings. The molecule has 128 valence electrons. The maximum absolute atomic E-state index is 9.61. The van der Waals surface area contributed by atoms with E-state index in [0.29, 0.717) is 11.3 Å². The summed E-state index contributed by atoms with van der Waals surface area (Å²) in [5.74, 6) is 0.682. The highest BCUT2D eigenvalue weighted by molar-refractivity contribution is 9.10. The van der Waals surface area contributed by atoms with Crippen molar-refractivity contribution in [1.82, 2.24) is 0 Å². The lowest BCUT2D eigenvalue weighted by molar-refractivity contribution is 0.393. The Hall–Kier alpha value is -2.45. The van der Waals surface area contributed by atoms with Crippen LogP contribution < -0.4 is 15.4 Å². The van der Waals surface area contributed by atoms with Gasteiger partial charge in [0.15, 0.2) is 0 Å². The predicted molar refractivity (Wildman–Crippen MR) is 103 cm³/mol. The third kappa shape index (κ3) is 3.22. The highest BCUT2D eigenvalue weighted by atomic mass is 79.9. The van der Waals surface area contributed by atoms with Crippen molar-refractivity contribution in [2.24, 2.45) is 5.73 Å². The summed E-state index contributed by atoms with van der Waals surface area (Å²) in [5, 5.41) is 9.61. The molecule has 3 rings (SSSR count). The van der Waals surface area contributed by atoms with E-state index >= 15 is 0 Å². The van der Waals surface area contributed by atoms with E-state index in [1.165, 1.54) is 0 Å². The number of ether oxygens (including phenoxy) is 1. The van der Waals surface area contributed by atoms with Gasteiger partial charge in [-0.15, -0.1) is 0 Å². The van der Waals surface area contributed by atoms with E-state index in [1.54, 1.807) is 0 Å². The van der Waals surface area contributed by atoms with Gasteiger partial charge in [0, 0.05) is 34.9 Å². The lowest BCUT2D eigenvalue weighted by Gasteiger charge is -2.29. The maximum atomic E-state index is 9.61. The summed E-state index contributed by atoms with van der Waals surface area (Å²) < 4.78 is 6.79. The van der Waals surface area contributed by atoms with Crippen molar-refractivity contribution in [2.75, 3.05) is 18.0 Å². The fourth-order valence-electron chi connectivity index (χ4n) is 3.23. The average Bonchev–Trinajstić information content (AvgIpc) is 2.62. The van der Waals surface area contributed by atoms with Crippen molar-refractivity contribution >= 4 is 21.6 Å². The molecule has 1 heterocycles. The molecule has 1 aliphatic rings. The van der Waals surface area contributed by atoms with Crippen LogP contribution in [0.2, 0.25) is 0 Å². The Morgan fingerprint density at radius 2 is 1.84 bits per heavy atom. The standard InChI is InChI=1S/C20H20BrN3O/c1-3-24(4-2)15-9-10-16-18(11-15)25-20(23)17(12-22)19(16)13-5-7-14(21)8-6-13/h5-11,19H,3-4,23H2,1-2H3. The van der Waals surface area contributed by atoms with Gasteiger partial charge in [-0.2, -0.15) is 5.26 Å². The van der Waals surface area contributed by atoms with E-state index in [0.717, 1.165) is 34.4 Å². The van der Waals surface area contributed by atoms with Crippen LogP contribution in [0.5, 0.6) is 5.75 Å². The number of rotatable bonds is 4. The van der Waals surface area contributed by atoms with Crippen LogP contribution in [0.15, 0.2) is 58.4 Å². The van der Waals surface area contributed by atoms with Crippen LogP contribution in [-0.4, -0.2) is 13.1 Å². The molecule has 2 aromatic rings. The molecule has 0 spiro atoms. The van der Waals surface area contributed by atoms with Crippen LogP contribution in [0.4, 0.5) is 5.69 Å². The number of nitrogens with zero attached hydrogens (tertiary/aromatic N) is 2. The molecule has 5 heteroatoms. The highest BCUT2D eigenvalue weighted by Crippen LogP contribution is 2.43. The molecule has 0 saturated heterocycles. The molecule has 4 nitrogen and oxygen atoms in total. The fraction of sp³-hybridized carbons (Fsp3) is 0.250. The van der Waals surface area contributed by atoms with Gasteiger partial charge in [-0.25, -0.2) is 0 Å². The van der Waals surface area contributed by atoms with E-state index in [9.17, 15) is 5.26 Å². The predicted octanol–water partition coefficient (Wildman–Crippen LogP) is 4.51. The van der Waals surface area contributed by atoms with Gasteiger partial charge in [0.05, 0.1) is 5.92 Å². The first kappa shape index (κ1) is 17.4. The van der Waals surface area contributed by atoms with E-state index in [4.69, 9.17) is 10.5 Å². The van der Waals surface area contributed by atoms with Crippen LogP contribution in [-0.2, 0) is 0 Å². The van der Waals surface area contributed by atoms with E-state index in [-0.39, 0.29) is 11.8 Å². The lowest BCUT2D eigenvalue weighted by atomic mass is 9.83. The number of hydrogen-bond donors (Lipinski definition) is 1. The summed E-state index contributed by atoms with van der Waals surface area (Å²) in [7, 11) is 0. The fourth-order valence-corrected chi connectivity index (χ4v) is 3.49. The molecule has 0 bridgehead atoms. The van der Waals surface area contributed by atoms with Gasteiger partial charge < -0.3 is 15.4 Å². The first-order valence-electron chi connectivity index (χ1n) is 8.31. The van der Waals surface area contributed by atoms with E-state index < -0.39 is 0 Å². The summed E-state index contributed by atoms with van der Waals surface area (Å²) in [6.07, 6.45) is 0. The SMILES string of the molecule is CCN(CC)c1ccc2c(c1)OC(N)=C(C#N)C2c1ccc(Br)cc1. The molecular formula is C20H20BrN3O. The Labute approximate surface area is 156 Å². The van der Waals surface area contributed by atoms with Gasteiger partial charge in [0.2, 0.25) is 5.88 Å². The molecule has 0 radical (unpaired) electrons. The minimum atomic E-state index is -0.215. The van der Waals surface area contributed by atoms with E-state index in [1.807, 2.05) is 36.4 Å². The summed E-state index contributed by atoms with van der Waals surface area (Å²) >= 11 is 3.45. The Bertz CT molecular complexity index is 848. The van der Waals surface area contributed by atoms with Gasteiger partial charge in [0.25, 0.3) is 0 Å². The Morgan fingerprint density at radius 3 is 2.44 bits per heavy atom. The summed E-state index contributed by atoms with van der Waals surface area (Å²) in [6.45, 7) is 6.08. The van der Waals surface area contributed by atoms with Crippen LogP contribution in [0.1, 0.15) is 30.9 Å². The second kappa shape index (κ2) is 7.20. The topological polar surface area (TPSA) is 62.3 Å². The summed E-state index contributed by atoms with van der Waals surface area (Å²) in [4.78, 5) is 2.25. The molecular weight excluding hydrogens is 378 g/mol. The number of nitriles is 1. The average molecular weight is 398 g/mol. The number of nitrogens with two attached hydrogens (primary N) is 1. The van der Waals surface area contributed by atoms with Crippen molar-refractivity contribution in [3.8, 4) is 11.8 Å². The van der Waals surface area contributed by atoms with Gasteiger partial charge in [-0.1, -0.05) is 34.1 Å². The Morgan fingerprint density at radius 1 is 1.16 bits per heavy atom. The normalized spacial score (nSPS) is 16.0. The zero-order valence-corrected chi connectivity index (χ0v) is 15.9. The molecule has 0 amide bonds. The third-order valence-electron chi connectivity index (χ3n) is 4.53. The van der Waals surface area contributed by atoms with Crippen LogP contribution in [0.25, 0.3) is 0 Å². The van der Waals surface area contributed by atoms with Crippen molar-refractivity contribution in [3.05, 3.63) is 69.5 Å². The minimum Gasteiger partial charge on any atom is -0.440 e. The molecule has 2 N–H and O–H groups in total. The molecule has 1 atom stereocenters. The zero-order chi connectivity index (χ0) is 18.0. The van der Waals surface area contributed by atoms with Gasteiger partial charge in [-0.05, 0) is 37.6 Å². The molecule has 1 unspecified atom stereocenters. The molecule has 0 saturated carbocycles. The molecule has 2 aromatic carbocycles. The van der Waals surface area contributed by atoms with Crippen LogP contribution >= 0.6 is 15.9 Å². The largest absolute Gasteiger partial charge is 0.440 e. The quantitative estimate of drug-likeness (QED) is 0.823. The van der Waals surface area contributed by atoms with Gasteiger partial charge in [0.1, 0.15) is 17.4 Å². The molecule has 0 aromatic heterocycles. The van der Waals surface area contributed by atoms with E-state index in [2.05, 4.69) is 46.8 Å². The third-order valence-corrected chi connectivity index (χ3v) is 5.06. The number of benzene rings is 2. The van der Waals surface area contributed by atoms with Crippen molar-refractivity contribution in [3.63, 3.8) is 0 Å². The number of halogens is 1. The molecule has 25 heavy (non-hydrogen) atoms. The highest BCUT2D eigenvalue weighted by Gasteiger charge is 2.30. The lowest BCUT2D eigenvalue weighted by Crippen LogP contribution is -2.24. The van der Waals surface area contributed by atoms with Crippen molar-refractivity contribution < 1.29 is 4.74 Å². The second-order valence-electron chi connectivity index (χ2n) is 5.87. The monoisotopic (exact) mass is 397 g/mol. The van der Waals surface area contributed by atoms with Crippen LogP contribution in [0, 0.1) is 11.3 Å². The first-order valence-corrected chi connectivity index (χ1v) is 9.10. The Balaban J connectivity index is 2.12. The number of allylic oxidation sites excluding steroid dienone is 1. The molecule has 1 aliphatic heterocycles. The second-order valence-corrected chi connectivity index (χ2v) is 6.79. The summed E-state index contributed by atoms with van der Waals surface area (Å²) in [6, 6.07) is 16.3. The van der Waals surface area contributed by atoms with Crippen LogP contribution in [0.3, 0.4) is 0 Å². The Kier molecular flexibility index (Phi) is 5.00. The first-order chi connectivity index (χ1) is 12.1. The van der Waals surface area contributed by atoms with Gasteiger partial charge >= 0.3 is 0 Å².